The normalized spacial score (nSPS) is 12.6. The summed E-state index contributed by atoms with van der Waals surface area (Å²) >= 11 is 1.79. The largest absolute Gasteiger partial charge is 0.208 e. The van der Waals surface area contributed by atoms with Crippen LogP contribution in [0.15, 0.2) is 224 Å². The second-order valence-electron chi connectivity index (χ2n) is 15.8. The molecular formula is C58H37N3S. The van der Waals surface area contributed by atoms with E-state index >= 15 is 0 Å². The van der Waals surface area contributed by atoms with Gasteiger partial charge >= 0.3 is 0 Å². The van der Waals surface area contributed by atoms with Gasteiger partial charge in [0.2, 0.25) is 0 Å². The van der Waals surface area contributed by atoms with Crippen LogP contribution in [0.3, 0.4) is 0 Å². The lowest BCUT2D eigenvalue weighted by Gasteiger charge is -2.34. The minimum absolute atomic E-state index is 0.517. The van der Waals surface area contributed by atoms with Crippen LogP contribution in [0.5, 0.6) is 0 Å². The first-order valence-electron chi connectivity index (χ1n) is 21.0. The number of benzene rings is 9. The van der Waals surface area contributed by atoms with Gasteiger partial charge in [-0.3, -0.25) is 0 Å². The molecule has 0 saturated heterocycles. The van der Waals surface area contributed by atoms with Crippen molar-refractivity contribution in [1.82, 2.24) is 15.0 Å². The molecule has 0 spiro atoms. The Kier molecular flexibility index (Phi) is 8.58. The Hall–Kier alpha value is -7.79. The van der Waals surface area contributed by atoms with Crippen LogP contribution in [0.4, 0.5) is 0 Å². The average Bonchev–Trinajstić information content (AvgIpc) is 3.89. The van der Waals surface area contributed by atoms with E-state index in [1.165, 1.54) is 48.9 Å². The monoisotopic (exact) mass is 807 g/mol. The van der Waals surface area contributed by atoms with E-state index < -0.39 is 5.41 Å². The first kappa shape index (κ1) is 36.1. The first-order chi connectivity index (χ1) is 30.8. The highest BCUT2D eigenvalue weighted by atomic mass is 32.1. The van der Waals surface area contributed by atoms with Gasteiger partial charge in [-0.1, -0.05) is 212 Å². The second-order valence-corrected chi connectivity index (χ2v) is 16.9. The summed E-state index contributed by atoms with van der Waals surface area (Å²) in [6.45, 7) is 0. The number of thiophene rings is 1. The summed E-state index contributed by atoms with van der Waals surface area (Å²) in [6, 6.07) is 80.4. The molecule has 0 radical (unpaired) electrons. The van der Waals surface area contributed by atoms with Crippen LogP contribution >= 0.6 is 11.3 Å². The van der Waals surface area contributed by atoms with Crippen molar-refractivity contribution in [2.75, 3.05) is 0 Å². The number of aromatic nitrogens is 3. The fourth-order valence-corrected chi connectivity index (χ4v) is 11.1. The molecule has 0 fully saturated rings. The minimum Gasteiger partial charge on any atom is -0.208 e. The van der Waals surface area contributed by atoms with E-state index in [0.29, 0.717) is 17.5 Å². The Balaban J connectivity index is 1.13. The maximum atomic E-state index is 5.45. The topological polar surface area (TPSA) is 38.7 Å². The molecule has 1 aliphatic carbocycles. The average molecular weight is 808 g/mol. The van der Waals surface area contributed by atoms with Gasteiger partial charge in [0.15, 0.2) is 17.5 Å². The van der Waals surface area contributed by atoms with Crippen molar-refractivity contribution in [3.05, 3.63) is 247 Å². The molecule has 2 heterocycles. The minimum atomic E-state index is -0.517. The van der Waals surface area contributed by atoms with Crippen LogP contribution in [0.25, 0.3) is 87.7 Å². The van der Waals surface area contributed by atoms with Crippen LogP contribution in [-0.4, -0.2) is 15.0 Å². The Morgan fingerprint density at radius 2 is 0.758 bits per heavy atom. The molecule has 9 aromatic carbocycles. The van der Waals surface area contributed by atoms with E-state index in [1.807, 2.05) is 0 Å². The molecule has 4 heteroatoms. The molecule has 0 amide bonds. The van der Waals surface area contributed by atoms with Crippen molar-refractivity contribution in [3.63, 3.8) is 0 Å². The molecule has 0 aliphatic heterocycles. The number of fused-ring (bicyclic) bond motifs is 6. The molecule has 0 atom stereocenters. The SMILES string of the molecule is c1ccc(-c2ccccc2-c2nc(-c3ccccc3-c3cccc4c3-c3ccccc3C4(c3ccccc3)c3ccccc3)nc(-c3cccc4c3sc3ccccc34)n2)cc1. The first-order valence-corrected chi connectivity index (χ1v) is 21.8. The van der Waals surface area contributed by atoms with Gasteiger partial charge in [0.05, 0.1) is 5.41 Å². The Morgan fingerprint density at radius 3 is 1.45 bits per heavy atom. The molecule has 11 aromatic rings. The van der Waals surface area contributed by atoms with Crippen LogP contribution in [0.1, 0.15) is 22.3 Å². The summed E-state index contributed by atoms with van der Waals surface area (Å²) < 4.78 is 2.40. The lowest BCUT2D eigenvalue weighted by atomic mass is 9.67. The third kappa shape index (κ3) is 5.61. The van der Waals surface area contributed by atoms with Gasteiger partial charge in [0.1, 0.15) is 0 Å². The number of rotatable bonds is 7. The summed E-state index contributed by atoms with van der Waals surface area (Å²) in [5.41, 5.74) is 14.2. The van der Waals surface area contributed by atoms with Gasteiger partial charge in [-0.15, -0.1) is 11.3 Å². The summed E-state index contributed by atoms with van der Waals surface area (Å²) in [7, 11) is 0. The van der Waals surface area contributed by atoms with Gasteiger partial charge in [-0.25, -0.2) is 15.0 Å². The van der Waals surface area contributed by atoms with Gasteiger partial charge in [-0.05, 0) is 67.8 Å². The van der Waals surface area contributed by atoms with Gasteiger partial charge in [0, 0.05) is 36.9 Å². The standard InChI is InChI=1S/C58H37N3S/c1-4-20-38(21-5-1)41-26-10-12-29-46(41)55-59-56(61-57(60-55)49-34-18-33-45-43-28-15-17-37-52(43)62-54(45)49)47-30-13-11-27-42(47)44-32-19-36-51-53(44)48-31-14-16-35-50(48)58(51,39-22-6-2-7-23-39)40-24-8-3-9-25-40/h1-37H. The predicted octanol–water partition coefficient (Wildman–Crippen LogP) is 14.9. The molecule has 62 heavy (non-hydrogen) atoms. The van der Waals surface area contributed by atoms with Crippen LogP contribution in [0.2, 0.25) is 0 Å². The second kappa shape index (κ2) is 14.7. The fraction of sp³-hybridized carbons (Fsp3) is 0.0172. The van der Waals surface area contributed by atoms with Crippen molar-refractivity contribution in [2.24, 2.45) is 0 Å². The molecule has 12 rings (SSSR count). The molecule has 1 aliphatic rings. The predicted molar refractivity (Wildman–Crippen MR) is 257 cm³/mol. The summed E-state index contributed by atoms with van der Waals surface area (Å²) in [5.74, 6) is 1.91. The number of hydrogen-bond donors (Lipinski definition) is 0. The molecule has 0 saturated carbocycles. The van der Waals surface area contributed by atoms with Gasteiger partial charge in [-0.2, -0.15) is 0 Å². The van der Waals surface area contributed by atoms with E-state index in [2.05, 4.69) is 224 Å². The van der Waals surface area contributed by atoms with E-state index in [-0.39, 0.29) is 0 Å². The molecule has 3 nitrogen and oxygen atoms in total. The van der Waals surface area contributed by atoms with Gasteiger partial charge < -0.3 is 0 Å². The van der Waals surface area contributed by atoms with Crippen molar-refractivity contribution < 1.29 is 0 Å². The highest BCUT2D eigenvalue weighted by Gasteiger charge is 2.46. The zero-order valence-electron chi connectivity index (χ0n) is 33.6. The maximum absolute atomic E-state index is 5.45. The summed E-state index contributed by atoms with van der Waals surface area (Å²) in [4.78, 5) is 16.3. The third-order valence-electron chi connectivity index (χ3n) is 12.5. The Morgan fingerprint density at radius 1 is 0.306 bits per heavy atom. The fourth-order valence-electron chi connectivity index (χ4n) is 9.84. The zero-order valence-corrected chi connectivity index (χ0v) is 34.4. The molecule has 0 bridgehead atoms. The number of hydrogen-bond acceptors (Lipinski definition) is 4. The lowest BCUT2D eigenvalue weighted by molar-refractivity contribution is 0.768. The van der Waals surface area contributed by atoms with Crippen molar-refractivity contribution in [1.29, 1.82) is 0 Å². The van der Waals surface area contributed by atoms with E-state index in [9.17, 15) is 0 Å². The van der Waals surface area contributed by atoms with E-state index in [0.717, 1.165) is 43.6 Å². The lowest BCUT2D eigenvalue weighted by Crippen LogP contribution is -2.28. The Labute approximate surface area is 364 Å². The van der Waals surface area contributed by atoms with Gasteiger partial charge in [0.25, 0.3) is 0 Å². The summed E-state index contributed by atoms with van der Waals surface area (Å²) in [6.07, 6.45) is 0. The Bertz CT molecular complexity index is 3430. The molecular weight excluding hydrogens is 771 g/mol. The smallest absolute Gasteiger partial charge is 0.165 e. The van der Waals surface area contributed by atoms with Crippen molar-refractivity contribution in [2.45, 2.75) is 5.41 Å². The highest BCUT2D eigenvalue weighted by Crippen LogP contribution is 2.58. The van der Waals surface area contributed by atoms with Crippen LogP contribution in [0, 0.1) is 0 Å². The highest BCUT2D eigenvalue weighted by molar-refractivity contribution is 7.26. The molecule has 0 unspecified atom stereocenters. The molecule has 0 N–H and O–H groups in total. The van der Waals surface area contributed by atoms with Crippen molar-refractivity contribution >= 4 is 31.5 Å². The number of nitrogens with zero attached hydrogens (tertiary/aromatic N) is 3. The van der Waals surface area contributed by atoms with Crippen molar-refractivity contribution in [3.8, 4) is 67.5 Å². The third-order valence-corrected chi connectivity index (χ3v) is 13.7. The molecule has 2 aromatic heterocycles. The maximum Gasteiger partial charge on any atom is 0.165 e. The van der Waals surface area contributed by atoms with Crippen LogP contribution in [-0.2, 0) is 5.41 Å². The zero-order chi connectivity index (χ0) is 41.0. The quantitative estimate of drug-likeness (QED) is 0.161. The summed E-state index contributed by atoms with van der Waals surface area (Å²) in [5, 5.41) is 2.44. The van der Waals surface area contributed by atoms with E-state index in [4.69, 9.17) is 15.0 Å². The molecule has 290 valence electrons. The van der Waals surface area contributed by atoms with Crippen LogP contribution < -0.4 is 0 Å². The van der Waals surface area contributed by atoms with E-state index in [1.54, 1.807) is 11.3 Å².